The Morgan fingerprint density at radius 3 is 3.00 bits per heavy atom. The van der Waals surface area contributed by atoms with Crippen molar-refractivity contribution in [3.63, 3.8) is 0 Å². The van der Waals surface area contributed by atoms with Crippen molar-refractivity contribution in [3.05, 3.63) is 18.2 Å². The van der Waals surface area contributed by atoms with Crippen LogP contribution in [0.2, 0.25) is 0 Å². The summed E-state index contributed by atoms with van der Waals surface area (Å²) in [4.78, 5) is 14.2. The van der Waals surface area contributed by atoms with Crippen LogP contribution in [0.15, 0.2) is 12.5 Å². The molecule has 1 N–H and O–H groups in total. The van der Waals surface area contributed by atoms with Gasteiger partial charge in [0, 0.05) is 19.2 Å². The fourth-order valence-corrected chi connectivity index (χ4v) is 0.825. The van der Waals surface area contributed by atoms with E-state index >= 15 is 0 Å². The van der Waals surface area contributed by atoms with Crippen LogP contribution in [0.25, 0.3) is 0 Å². The Balaban J connectivity index is 2.45. The van der Waals surface area contributed by atoms with Crippen LogP contribution in [-0.2, 0) is 11.3 Å². The first-order valence-corrected chi connectivity index (χ1v) is 3.41. The highest BCUT2D eigenvalue weighted by Gasteiger charge is 1.96. The summed E-state index contributed by atoms with van der Waals surface area (Å²) >= 11 is 0. The van der Waals surface area contributed by atoms with Crippen molar-refractivity contribution >= 4 is 5.91 Å². The molecular weight excluding hydrogens is 142 g/mol. The van der Waals surface area contributed by atoms with Gasteiger partial charge in [-0.2, -0.15) is 0 Å². The maximum absolute atomic E-state index is 10.3. The lowest BCUT2D eigenvalue weighted by molar-refractivity contribution is -0.118. The van der Waals surface area contributed by atoms with E-state index in [2.05, 4.69) is 4.98 Å². The van der Waals surface area contributed by atoms with Gasteiger partial charge in [0.05, 0.1) is 12.0 Å². The summed E-state index contributed by atoms with van der Waals surface area (Å²) in [7, 11) is 0. The SMILES string of the molecule is Cc1cn(CCC([NH])=O)cn1. The third kappa shape index (κ3) is 2.41. The maximum Gasteiger partial charge on any atom is 0.240 e. The second kappa shape index (κ2) is 3.18. The summed E-state index contributed by atoms with van der Waals surface area (Å²) in [6, 6.07) is 0. The Morgan fingerprint density at radius 2 is 2.55 bits per heavy atom. The number of aromatic nitrogens is 2. The van der Waals surface area contributed by atoms with Gasteiger partial charge in [0.1, 0.15) is 0 Å². The van der Waals surface area contributed by atoms with Crippen LogP contribution in [0.1, 0.15) is 12.1 Å². The molecule has 0 aliphatic carbocycles. The van der Waals surface area contributed by atoms with Gasteiger partial charge in [-0.15, -0.1) is 0 Å². The fourth-order valence-electron chi connectivity index (χ4n) is 0.825. The average Bonchev–Trinajstić information content (AvgIpc) is 2.31. The monoisotopic (exact) mass is 152 g/mol. The van der Waals surface area contributed by atoms with Crippen molar-refractivity contribution in [1.82, 2.24) is 15.3 Å². The second-order valence-electron chi connectivity index (χ2n) is 2.43. The van der Waals surface area contributed by atoms with E-state index in [-0.39, 0.29) is 6.42 Å². The molecule has 0 unspecified atom stereocenters. The molecule has 1 aromatic heterocycles. The third-order valence-corrected chi connectivity index (χ3v) is 1.36. The predicted octanol–water partition coefficient (Wildman–Crippen LogP) is 0.391. The topological polar surface area (TPSA) is 58.7 Å². The van der Waals surface area contributed by atoms with E-state index in [1.54, 1.807) is 6.33 Å². The molecule has 1 rings (SSSR count). The normalized spacial score (nSPS) is 9.91. The first-order chi connectivity index (χ1) is 5.18. The van der Waals surface area contributed by atoms with Crippen LogP contribution >= 0.6 is 0 Å². The van der Waals surface area contributed by atoms with Crippen LogP contribution in [-0.4, -0.2) is 15.5 Å². The summed E-state index contributed by atoms with van der Waals surface area (Å²) in [5.41, 5.74) is 7.59. The van der Waals surface area contributed by atoms with Gasteiger partial charge in [-0.1, -0.05) is 0 Å². The molecule has 0 spiro atoms. The highest BCUT2D eigenvalue weighted by molar-refractivity contribution is 5.72. The number of rotatable bonds is 3. The number of nitrogens with zero attached hydrogens (tertiary/aromatic N) is 2. The predicted molar refractivity (Wildman–Crippen MR) is 39.7 cm³/mol. The van der Waals surface area contributed by atoms with Gasteiger partial charge >= 0.3 is 0 Å². The number of aryl methyl sites for hydroxylation is 2. The summed E-state index contributed by atoms with van der Waals surface area (Å²) in [5.74, 6) is -0.531. The van der Waals surface area contributed by atoms with Crippen molar-refractivity contribution in [3.8, 4) is 0 Å². The molecule has 0 atom stereocenters. The quantitative estimate of drug-likeness (QED) is 0.629. The molecule has 0 saturated heterocycles. The zero-order chi connectivity index (χ0) is 8.27. The molecule has 4 nitrogen and oxygen atoms in total. The molecule has 0 aliphatic heterocycles. The largest absolute Gasteiger partial charge is 0.337 e. The Kier molecular flexibility index (Phi) is 2.25. The summed E-state index contributed by atoms with van der Waals surface area (Å²) < 4.78 is 1.81. The first kappa shape index (κ1) is 7.78. The molecule has 1 radical (unpaired) electrons. The average molecular weight is 152 g/mol. The Labute approximate surface area is 65.0 Å². The van der Waals surface area contributed by atoms with Crippen LogP contribution in [0.3, 0.4) is 0 Å². The van der Waals surface area contributed by atoms with E-state index in [0.717, 1.165) is 5.69 Å². The highest BCUT2D eigenvalue weighted by Crippen LogP contribution is 1.94. The second-order valence-corrected chi connectivity index (χ2v) is 2.43. The minimum Gasteiger partial charge on any atom is -0.337 e. The van der Waals surface area contributed by atoms with Crippen molar-refractivity contribution in [2.75, 3.05) is 0 Å². The summed E-state index contributed by atoms with van der Waals surface area (Å²) in [5, 5.41) is 0. The van der Waals surface area contributed by atoms with E-state index in [1.165, 1.54) is 0 Å². The molecule has 0 bridgehead atoms. The van der Waals surface area contributed by atoms with Crippen LogP contribution in [0.5, 0.6) is 0 Å². The van der Waals surface area contributed by atoms with Gasteiger partial charge in [-0.05, 0) is 6.92 Å². The Bertz CT molecular complexity index is 254. The van der Waals surface area contributed by atoms with Crippen LogP contribution < -0.4 is 5.73 Å². The van der Waals surface area contributed by atoms with E-state index in [9.17, 15) is 4.79 Å². The molecule has 59 valence electrons. The van der Waals surface area contributed by atoms with Crippen molar-refractivity contribution in [1.29, 1.82) is 0 Å². The van der Waals surface area contributed by atoms with Crippen molar-refractivity contribution in [2.45, 2.75) is 19.9 Å². The number of carbonyl (C=O) groups is 1. The van der Waals surface area contributed by atoms with E-state index in [4.69, 9.17) is 5.73 Å². The van der Waals surface area contributed by atoms with E-state index in [1.807, 2.05) is 17.7 Å². The van der Waals surface area contributed by atoms with E-state index in [0.29, 0.717) is 6.54 Å². The lowest BCUT2D eigenvalue weighted by atomic mass is 10.4. The van der Waals surface area contributed by atoms with Crippen molar-refractivity contribution < 1.29 is 4.79 Å². The highest BCUT2D eigenvalue weighted by atomic mass is 16.1. The molecule has 0 aliphatic rings. The van der Waals surface area contributed by atoms with Gasteiger partial charge < -0.3 is 4.57 Å². The maximum atomic E-state index is 10.3. The molecule has 1 amide bonds. The number of hydrogen-bond donors (Lipinski definition) is 0. The third-order valence-electron chi connectivity index (χ3n) is 1.36. The Morgan fingerprint density at radius 1 is 1.82 bits per heavy atom. The number of nitrogens with one attached hydrogen (secondary N) is 1. The van der Waals surface area contributed by atoms with Gasteiger partial charge in [0.15, 0.2) is 0 Å². The molecule has 0 saturated carbocycles. The van der Waals surface area contributed by atoms with E-state index < -0.39 is 5.91 Å². The van der Waals surface area contributed by atoms with Gasteiger partial charge in [0.2, 0.25) is 5.91 Å². The number of hydrogen-bond acceptors (Lipinski definition) is 2. The van der Waals surface area contributed by atoms with Gasteiger partial charge in [-0.3, -0.25) is 10.5 Å². The molecule has 1 aromatic rings. The zero-order valence-corrected chi connectivity index (χ0v) is 6.37. The van der Waals surface area contributed by atoms with Gasteiger partial charge in [0.25, 0.3) is 0 Å². The smallest absolute Gasteiger partial charge is 0.240 e. The molecular formula is C7H10N3O. The first-order valence-electron chi connectivity index (χ1n) is 3.41. The molecule has 1 heterocycles. The molecule has 0 aromatic carbocycles. The summed E-state index contributed by atoms with van der Waals surface area (Å²) in [6.45, 7) is 2.45. The zero-order valence-electron chi connectivity index (χ0n) is 6.37. The van der Waals surface area contributed by atoms with Crippen LogP contribution in [0.4, 0.5) is 0 Å². The van der Waals surface area contributed by atoms with Gasteiger partial charge in [-0.25, -0.2) is 4.98 Å². The minimum absolute atomic E-state index is 0.260. The lowest BCUT2D eigenvalue weighted by Crippen LogP contribution is -2.03. The number of amides is 1. The van der Waals surface area contributed by atoms with Crippen LogP contribution in [0, 0.1) is 6.92 Å². The summed E-state index contributed by atoms with van der Waals surface area (Å²) in [6.07, 6.45) is 3.77. The molecule has 0 fully saturated rings. The Hall–Kier alpha value is -1.32. The fraction of sp³-hybridized carbons (Fsp3) is 0.429. The number of imidazole rings is 1. The molecule has 11 heavy (non-hydrogen) atoms. The molecule has 4 heteroatoms. The standard InChI is InChI=1S/C7H10N3O/c1-6-4-10(5-9-6)3-2-7(8)11/h4-5,8H,2-3H2,1H3. The lowest BCUT2D eigenvalue weighted by Gasteiger charge is -1.95. The van der Waals surface area contributed by atoms with Crippen molar-refractivity contribution in [2.24, 2.45) is 0 Å². The number of carbonyl (C=O) groups excluding carboxylic acids is 1. The minimum atomic E-state index is -0.531.